The van der Waals surface area contributed by atoms with Crippen LogP contribution in [0.2, 0.25) is 0 Å². The zero-order valence-corrected chi connectivity index (χ0v) is 19.2. The molecule has 7 heteroatoms. The number of carbonyl (C=O) groups is 2. The summed E-state index contributed by atoms with van der Waals surface area (Å²) in [5, 5.41) is 0. The highest BCUT2D eigenvalue weighted by molar-refractivity contribution is 5.97. The van der Waals surface area contributed by atoms with Crippen molar-refractivity contribution in [2.75, 3.05) is 39.3 Å². The summed E-state index contributed by atoms with van der Waals surface area (Å²) in [6, 6.07) is 6.41. The summed E-state index contributed by atoms with van der Waals surface area (Å²) >= 11 is 0. The molecule has 1 unspecified atom stereocenters. The summed E-state index contributed by atoms with van der Waals surface area (Å²) in [5.74, 6) is 1.43. The first-order chi connectivity index (χ1) is 15.6. The number of benzene rings is 1. The second-order valence-corrected chi connectivity index (χ2v) is 9.87. The Morgan fingerprint density at radius 3 is 2.56 bits per heavy atom. The standard InChI is InChI=1S/C25H35N5O2/c1-18-26-22-9-8-20(16-23(22)27-18)25(32)30-10-4-5-19(17-30)15-24(31)29-13-11-28(12-14-29)21-6-2-3-7-21/h8-9,16,19,21H,2-7,10-15,17H2,1H3,(H,26,27). The molecule has 7 nitrogen and oxygen atoms in total. The van der Waals surface area contributed by atoms with E-state index in [2.05, 4.69) is 19.8 Å². The van der Waals surface area contributed by atoms with E-state index in [9.17, 15) is 9.59 Å². The average Bonchev–Trinajstić information content (AvgIpc) is 3.47. The first-order valence-electron chi connectivity index (χ1n) is 12.3. The Morgan fingerprint density at radius 1 is 1.00 bits per heavy atom. The molecule has 2 amide bonds. The molecule has 32 heavy (non-hydrogen) atoms. The van der Waals surface area contributed by atoms with Crippen molar-refractivity contribution in [1.29, 1.82) is 0 Å². The fourth-order valence-electron chi connectivity index (χ4n) is 5.85. The molecule has 1 atom stereocenters. The van der Waals surface area contributed by atoms with Crippen LogP contribution in [0.15, 0.2) is 18.2 Å². The van der Waals surface area contributed by atoms with Gasteiger partial charge in [0.05, 0.1) is 11.0 Å². The lowest BCUT2D eigenvalue weighted by Gasteiger charge is -2.39. The van der Waals surface area contributed by atoms with Crippen LogP contribution in [0.3, 0.4) is 0 Å². The van der Waals surface area contributed by atoms with Gasteiger partial charge in [-0.25, -0.2) is 4.98 Å². The first-order valence-corrected chi connectivity index (χ1v) is 12.3. The van der Waals surface area contributed by atoms with Gasteiger partial charge >= 0.3 is 0 Å². The summed E-state index contributed by atoms with van der Waals surface area (Å²) < 4.78 is 0. The fraction of sp³-hybridized carbons (Fsp3) is 0.640. The molecule has 0 spiro atoms. The number of nitrogens with one attached hydrogen (secondary N) is 1. The van der Waals surface area contributed by atoms with E-state index in [0.717, 1.165) is 68.5 Å². The van der Waals surface area contributed by atoms with Crippen LogP contribution in [-0.2, 0) is 4.79 Å². The van der Waals surface area contributed by atoms with Crippen LogP contribution >= 0.6 is 0 Å². The summed E-state index contributed by atoms with van der Waals surface area (Å²) in [6.45, 7) is 7.10. The monoisotopic (exact) mass is 437 g/mol. The molecule has 1 aromatic heterocycles. The van der Waals surface area contributed by atoms with Crippen molar-refractivity contribution in [2.45, 2.75) is 57.9 Å². The van der Waals surface area contributed by atoms with E-state index in [-0.39, 0.29) is 17.7 Å². The minimum atomic E-state index is 0.0569. The maximum atomic E-state index is 13.1. The highest BCUT2D eigenvalue weighted by atomic mass is 16.2. The number of H-pyrrole nitrogens is 1. The maximum absolute atomic E-state index is 13.1. The maximum Gasteiger partial charge on any atom is 0.253 e. The number of rotatable bonds is 4. The molecule has 3 heterocycles. The number of amides is 2. The molecule has 1 aliphatic carbocycles. The third-order valence-electron chi connectivity index (χ3n) is 7.62. The van der Waals surface area contributed by atoms with Crippen LogP contribution < -0.4 is 0 Å². The van der Waals surface area contributed by atoms with Gasteiger partial charge in [0.2, 0.25) is 5.91 Å². The number of likely N-dealkylation sites (tertiary alicyclic amines) is 1. The summed E-state index contributed by atoms with van der Waals surface area (Å²) in [5.41, 5.74) is 2.47. The van der Waals surface area contributed by atoms with Crippen LogP contribution in [-0.4, -0.2) is 81.8 Å². The molecular weight excluding hydrogens is 402 g/mol. The normalized spacial score (nSPS) is 23.2. The van der Waals surface area contributed by atoms with Gasteiger partial charge < -0.3 is 14.8 Å². The van der Waals surface area contributed by atoms with Crippen LogP contribution in [0.1, 0.15) is 61.1 Å². The molecule has 1 aromatic carbocycles. The van der Waals surface area contributed by atoms with Crippen molar-refractivity contribution in [1.82, 2.24) is 24.7 Å². The smallest absolute Gasteiger partial charge is 0.253 e. The van der Waals surface area contributed by atoms with Crippen molar-refractivity contribution in [2.24, 2.45) is 5.92 Å². The second-order valence-electron chi connectivity index (χ2n) is 9.87. The molecule has 3 fully saturated rings. The molecule has 2 aromatic rings. The number of fused-ring (bicyclic) bond motifs is 1. The number of imidazole rings is 1. The largest absolute Gasteiger partial charge is 0.342 e. The summed E-state index contributed by atoms with van der Waals surface area (Å²) in [4.78, 5) is 40.3. The quantitative estimate of drug-likeness (QED) is 0.797. The van der Waals surface area contributed by atoms with E-state index in [1.54, 1.807) is 0 Å². The molecule has 2 aliphatic heterocycles. The SMILES string of the molecule is Cc1nc2ccc(C(=O)N3CCCC(CC(=O)N4CCN(C5CCCC5)CC4)C3)cc2[nH]1. The number of aromatic amines is 1. The molecule has 1 saturated carbocycles. The van der Waals surface area contributed by atoms with Gasteiger partial charge in [0, 0.05) is 57.3 Å². The Balaban J connectivity index is 1.15. The number of hydrogen-bond donors (Lipinski definition) is 1. The van der Waals surface area contributed by atoms with Crippen molar-refractivity contribution < 1.29 is 9.59 Å². The Labute approximate surface area is 190 Å². The summed E-state index contributed by atoms with van der Waals surface area (Å²) in [7, 11) is 0. The average molecular weight is 438 g/mol. The zero-order valence-electron chi connectivity index (χ0n) is 19.2. The van der Waals surface area contributed by atoms with Crippen molar-refractivity contribution >= 4 is 22.8 Å². The molecule has 1 N–H and O–H groups in total. The zero-order chi connectivity index (χ0) is 22.1. The van der Waals surface area contributed by atoms with E-state index >= 15 is 0 Å². The van der Waals surface area contributed by atoms with E-state index in [1.807, 2.05) is 30.0 Å². The Hall–Kier alpha value is -2.41. The van der Waals surface area contributed by atoms with Crippen LogP contribution in [0, 0.1) is 12.8 Å². The van der Waals surface area contributed by atoms with E-state index in [1.165, 1.54) is 25.7 Å². The Morgan fingerprint density at radius 2 is 1.78 bits per heavy atom. The molecular formula is C25H35N5O2. The second kappa shape index (κ2) is 9.22. The summed E-state index contributed by atoms with van der Waals surface area (Å²) in [6.07, 6.45) is 7.92. The molecule has 0 radical (unpaired) electrons. The number of carbonyl (C=O) groups excluding carboxylic acids is 2. The highest BCUT2D eigenvalue weighted by Gasteiger charge is 2.31. The number of piperidine rings is 1. The predicted molar refractivity (Wildman–Crippen MR) is 124 cm³/mol. The third-order valence-corrected chi connectivity index (χ3v) is 7.62. The Bertz CT molecular complexity index is 972. The van der Waals surface area contributed by atoms with Gasteiger partial charge in [-0.05, 0) is 56.7 Å². The minimum Gasteiger partial charge on any atom is -0.342 e. The highest BCUT2D eigenvalue weighted by Crippen LogP contribution is 2.26. The number of aryl methyl sites for hydroxylation is 1. The molecule has 2 saturated heterocycles. The molecule has 0 bridgehead atoms. The van der Waals surface area contributed by atoms with E-state index in [0.29, 0.717) is 18.5 Å². The Kier molecular flexibility index (Phi) is 6.17. The fourth-order valence-corrected chi connectivity index (χ4v) is 5.85. The molecule has 5 rings (SSSR count). The van der Waals surface area contributed by atoms with Gasteiger partial charge in [0.25, 0.3) is 5.91 Å². The van der Waals surface area contributed by atoms with Crippen molar-refractivity contribution in [3.05, 3.63) is 29.6 Å². The lowest BCUT2D eigenvalue weighted by Crippen LogP contribution is -2.52. The van der Waals surface area contributed by atoms with Gasteiger partial charge in [-0.2, -0.15) is 0 Å². The van der Waals surface area contributed by atoms with Crippen LogP contribution in [0.5, 0.6) is 0 Å². The van der Waals surface area contributed by atoms with Gasteiger partial charge in [0.15, 0.2) is 0 Å². The van der Waals surface area contributed by atoms with Crippen molar-refractivity contribution in [3.8, 4) is 0 Å². The number of aromatic nitrogens is 2. The number of nitrogens with zero attached hydrogens (tertiary/aromatic N) is 4. The number of hydrogen-bond acceptors (Lipinski definition) is 4. The van der Waals surface area contributed by atoms with Crippen LogP contribution in [0.25, 0.3) is 11.0 Å². The molecule has 3 aliphatic rings. The van der Waals surface area contributed by atoms with E-state index in [4.69, 9.17) is 0 Å². The van der Waals surface area contributed by atoms with Gasteiger partial charge in [-0.1, -0.05) is 12.8 Å². The van der Waals surface area contributed by atoms with Gasteiger partial charge in [-0.15, -0.1) is 0 Å². The van der Waals surface area contributed by atoms with E-state index < -0.39 is 0 Å². The van der Waals surface area contributed by atoms with Gasteiger partial charge in [0.1, 0.15) is 5.82 Å². The third kappa shape index (κ3) is 4.53. The lowest BCUT2D eigenvalue weighted by atomic mass is 9.93. The predicted octanol–water partition coefficient (Wildman–Crippen LogP) is 3.20. The number of piperazine rings is 1. The minimum absolute atomic E-state index is 0.0569. The topological polar surface area (TPSA) is 72.5 Å². The van der Waals surface area contributed by atoms with Gasteiger partial charge in [-0.3, -0.25) is 14.5 Å². The lowest BCUT2D eigenvalue weighted by molar-refractivity contribution is -0.134. The van der Waals surface area contributed by atoms with Crippen LogP contribution in [0.4, 0.5) is 0 Å². The first kappa shape index (κ1) is 21.4. The van der Waals surface area contributed by atoms with Crippen molar-refractivity contribution in [3.63, 3.8) is 0 Å². The molecule has 172 valence electrons.